The summed E-state index contributed by atoms with van der Waals surface area (Å²) in [6.45, 7) is 4.94. The summed E-state index contributed by atoms with van der Waals surface area (Å²) >= 11 is 0. The smallest absolute Gasteiger partial charge is 0.312 e. The fourth-order valence-electron chi connectivity index (χ4n) is 2.98. The first kappa shape index (κ1) is 15.5. The van der Waals surface area contributed by atoms with Crippen molar-refractivity contribution in [3.8, 4) is 0 Å². The molecule has 0 spiro atoms. The quantitative estimate of drug-likeness (QED) is 0.682. The Morgan fingerprint density at radius 1 is 1.38 bits per heavy atom. The summed E-state index contributed by atoms with van der Waals surface area (Å²) < 4.78 is 1.45. The number of carbonyl (C=O) groups is 1. The molecule has 1 fully saturated rings. The predicted octanol–water partition coefficient (Wildman–Crippen LogP) is 2.42. The fraction of sp³-hybridized carbons (Fsp3) is 0.714. The molecule has 2 rings (SSSR count). The fourth-order valence-corrected chi connectivity index (χ4v) is 2.98. The van der Waals surface area contributed by atoms with Gasteiger partial charge in [0.1, 0.15) is 17.4 Å². The molecule has 1 N–H and O–H groups in total. The second-order valence-electron chi connectivity index (χ2n) is 5.74. The SMILES string of the molecule is Cc1nn(C(C)C(=O)NC2CCCCC2)c(C)c1[N+](=O)[O-]. The number of aromatic nitrogens is 2. The molecule has 1 atom stereocenters. The molecular formula is C14H22N4O3. The molecule has 1 heterocycles. The molecule has 0 radical (unpaired) electrons. The molecule has 21 heavy (non-hydrogen) atoms. The van der Waals surface area contributed by atoms with Crippen LogP contribution in [0.5, 0.6) is 0 Å². The van der Waals surface area contributed by atoms with E-state index >= 15 is 0 Å². The molecule has 1 aromatic heterocycles. The summed E-state index contributed by atoms with van der Waals surface area (Å²) in [6.07, 6.45) is 5.53. The largest absolute Gasteiger partial charge is 0.352 e. The van der Waals surface area contributed by atoms with Crippen molar-refractivity contribution in [2.45, 2.75) is 65.0 Å². The lowest BCUT2D eigenvalue weighted by atomic mass is 9.95. The van der Waals surface area contributed by atoms with Gasteiger partial charge in [0, 0.05) is 6.04 Å². The molecule has 7 nitrogen and oxygen atoms in total. The highest BCUT2D eigenvalue weighted by Gasteiger charge is 2.28. The molecule has 0 aliphatic heterocycles. The molecular weight excluding hydrogens is 272 g/mol. The van der Waals surface area contributed by atoms with Crippen molar-refractivity contribution < 1.29 is 9.72 Å². The number of amides is 1. The topological polar surface area (TPSA) is 90.1 Å². The maximum atomic E-state index is 12.3. The van der Waals surface area contributed by atoms with E-state index in [2.05, 4.69) is 10.4 Å². The van der Waals surface area contributed by atoms with Crippen LogP contribution in [-0.2, 0) is 4.79 Å². The third-order valence-electron chi connectivity index (χ3n) is 4.17. The van der Waals surface area contributed by atoms with E-state index in [4.69, 9.17) is 0 Å². The number of nitrogens with one attached hydrogen (secondary N) is 1. The van der Waals surface area contributed by atoms with E-state index in [-0.39, 0.29) is 17.6 Å². The number of aryl methyl sites for hydroxylation is 1. The molecule has 1 aliphatic carbocycles. The van der Waals surface area contributed by atoms with Gasteiger partial charge in [-0.25, -0.2) is 0 Å². The highest BCUT2D eigenvalue weighted by Crippen LogP contribution is 2.25. The van der Waals surface area contributed by atoms with Crippen LogP contribution in [0.15, 0.2) is 0 Å². The van der Waals surface area contributed by atoms with E-state index < -0.39 is 11.0 Å². The van der Waals surface area contributed by atoms with Crippen molar-refractivity contribution in [3.05, 3.63) is 21.5 Å². The van der Waals surface area contributed by atoms with Crippen LogP contribution in [0, 0.1) is 24.0 Å². The van der Waals surface area contributed by atoms with Crippen LogP contribution in [0.3, 0.4) is 0 Å². The standard InChI is InChI=1S/C14H22N4O3/c1-9-13(18(20)21)10(2)17(16-9)11(3)14(19)15-12-7-5-4-6-8-12/h11-12H,4-8H2,1-3H3,(H,15,19). The summed E-state index contributed by atoms with van der Waals surface area (Å²) in [6, 6.07) is -0.319. The summed E-state index contributed by atoms with van der Waals surface area (Å²) in [4.78, 5) is 22.9. The second kappa shape index (κ2) is 6.24. The minimum absolute atomic E-state index is 0.00711. The van der Waals surface area contributed by atoms with Gasteiger partial charge in [-0.05, 0) is 33.6 Å². The zero-order valence-corrected chi connectivity index (χ0v) is 12.8. The predicted molar refractivity (Wildman–Crippen MR) is 78.1 cm³/mol. The summed E-state index contributed by atoms with van der Waals surface area (Å²) in [5, 5.41) is 18.2. The molecule has 1 saturated carbocycles. The average molecular weight is 294 g/mol. The number of nitrogens with zero attached hydrogens (tertiary/aromatic N) is 3. The Hall–Kier alpha value is -1.92. The molecule has 1 unspecified atom stereocenters. The van der Waals surface area contributed by atoms with Gasteiger partial charge < -0.3 is 5.32 Å². The molecule has 1 amide bonds. The van der Waals surface area contributed by atoms with Crippen LogP contribution in [0.2, 0.25) is 0 Å². The maximum Gasteiger partial charge on any atom is 0.312 e. The van der Waals surface area contributed by atoms with Gasteiger partial charge in [-0.2, -0.15) is 5.10 Å². The number of hydrogen-bond acceptors (Lipinski definition) is 4. The van der Waals surface area contributed by atoms with Gasteiger partial charge in [0.2, 0.25) is 5.91 Å². The van der Waals surface area contributed by atoms with Gasteiger partial charge in [0.15, 0.2) is 0 Å². The number of hydrogen-bond donors (Lipinski definition) is 1. The van der Waals surface area contributed by atoms with E-state index in [9.17, 15) is 14.9 Å². The van der Waals surface area contributed by atoms with Gasteiger partial charge >= 0.3 is 5.69 Å². The van der Waals surface area contributed by atoms with Gasteiger partial charge in [0.05, 0.1) is 4.92 Å². The first-order valence-corrected chi connectivity index (χ1v) is 7.42. The molecule has 1 aromatic rings. The van der Waals surface area contributed by atoms with E-state index in [1.807, 2.05) is 0 Å². The van der Waals surface area contributed by atoms with Gasteiger partial charge in [-0.15, -0.1) is 0 Å². The minimum Gasteiger partial charge on any atom is -0.352 e. The van der Waals surface area contributed by atoms with Crippen molar-refractivity contribution >= 4 is 11.6 Å². The van der Waals surface area contributed by atoms with E-state index in [0.29, 0.717) is 11.4 Å². The lowest BCUT2D eigenvalue weighted by Crippen LogP contribution is -2.40. The zero-order valence-electron chi connectivity index (χ0n) is 12.8. The summed E-state index contributed by atoms with van der Waals surface area (Å²) in [5.41, 5.74) is 0.755. The molecule has 0 bridgehead atoms. The number of carbonyl (C=O) groups excluding carboxylic acids is 1. The van der Waals surface area contributed by atoms with Crippen molar-refractivity contribution in [2.75, 3.05) is 0 Å². The monoisotopic (exact) mass is 294 g/mol. The van der Waals surface area contributed by atoms with Crippen LogP contribution in [-0.4, -0.2) is 26.7 Å². The molecule has 1 aliphatic rings. The van der Waals surface area contributed by atoms with Gasteiger partial charge in [-0.1, -0.05) is 19.3 Å². The first-order valence-electron chi connectivity index (χ1n) is 7.42. The van der Waals surface area contributed by atoms with E-state index in [1.54, 1.807) is 20.8 Å². The Morgan fingerprint density at radius 3 is 2.52 bits per heavy atom. The average Bonchev–Trinajstić information content (AvgIpc) is 2.74. The van der Waals surface area contributed by atoms with Crippen LogP contribution < -0.4 is 5.32 Å². The van der Waals surface area contributed by atoms with E-state index in [0.717, 1.165) is 25.7 Å². The normalized spacial score (nSPS) is 17.5. The Bertz CT molecular complexity index is 547. The molecule has 0 saturated heterocycles. The third kappa shape index (κ3) is 3.22. The Morgan fingerprint density at radius 2 is 2.00 bits per heavy atom. The van der Waals surface area contributed by atoms with Gasteiger partial charge in [-0.3, -0.25) is 19.6 Å². The van der Waals surface area contributed by atoms with Crippen molar-refractivity contribution in [1.29, 1.82) is 0 Å². The summed E-state index contributed by atoms with van der Waals surface area (Å²) in [7, 11) is 0. The Labute approximate surface area is 123 Å². The Balaban J connectivity index is 2.12. The van der Waals surface area contributed by atoms with Crippen LogP contribution in [0.1, 0.15) is 56.5 Å². The minimum atomic E-state index is -0.542. The van der Waals surface area contributed by atoms with Crippen molar-refractivity contribution in [2.24, 2.45) is 0 Å². The molecule has 7 heteroatoms. The third-order valence-corrected chi connectivity index (χ3v) is 4.17. The highest BCUT2D eigenvalue weighted by molar-refractivity contribution is 5.80. The molecule has 0 aromatic carbocycles. The lowest BCUT2D eigenvalue weighted by Gasteiger charge is -2.24. The van der Waals surface area contributed by atoms with Crippen LogP contribution in [0.25, 0.3) is 0 Å². The maximum absolute atomic E-state index is 12.3. The highest BCUT2D eigenvalue weighted by atomic mass is 16.6. The van der Waals surface area contributed by atoms with Crippen LogP contribution in [0.4, 0.5) is 5.69 Å². The van der Waals surface area contributed by atoms with Crippen molar-refractivity contribution in [1.82, 2.24) is 15.1 Å². The van der Waals surface area contributed by atoms with Crippen LogP contribution >= 0.6 is 0 Å². The van der Waals surface area contributed by atoms with E-state index in [1.165, 1.54) is 11.1 Å². The van der Waals surface area contributed by atoms with Gasteiger partial charge in [0.25, 0.3) is 0 Å². The van der Waals surface area contributed by atoms with Crippen molar-refractivity contribution in [3.63, 3.8) is 0 Å². The Kier molecular flexibility index (Phi) is 4.59. The summed E-state index contributed by atoms with van der Waals surface area (Å²) in [5.74, 6) is -0.123. The number of rotatable bonds is 4. The number of nitro groups is 1. The molecule has 116 valence electrons. The second-order valence-corrected chi connectivity index (χ2v) is 5.74. The zero-order chi connectivity index (χ0) is 15.6. The lowest BCUT2D eigenvalue weighted by molar-refractivity contribution is -0.386. The first-order chi connectivity index (χ1) is 9.91.